The standard InChI is InChI=1S/C31H40FN3O/c32-27-13-14-30(36-24-27)28-23-35(22-8-21-34-19-5-2-6-20-34)29(31(28)26-15-17-33-18-16-26)12-7-11-25-9-3-1-4-10-25/h3,9-10,13-18,24,28,30H,1-2,4-8,11-12,19-23H2. The topological polar surface area (TPSA) is 28.6 Å². The average Bonchev–Trinajstić information content (AvgIpc) is 3.29. The van der Waals surface area contributed by atoms with Gasteiger partial charge in [-0.05, 0) is 106 Å². The van der Waals surface area contributed by atoms with Crippen molar-refractivity contribution in [3.63, 3.8) is 0 Å². The van der Waals surface area contributed by atoms with Crippen molar-refractivity contribution in [1.82, 2.24) is 14.8 Å². The summed E-state index contributed by atoms with van der Waals surface area (Å²) in [6.07, 6.45) is 26.2. The lowest BCUT2D eigenvalue weighted by Crippen LogP contribution is -2.34. The Kier molecular flexibility index (Phi) is 8.71. The molecule has 2 atom stereocenters. The van der Waals surface area contributed by atoms with Crippen molar-refractivity contribution in [2.45, 2.75) is 63.9 Å². The Morgan fingerprint density at radius 2 is 1.83 bits per heavy atom. The molecule has 4 heterocycles. The number of hydrogen-bond acceptors (Lipinski definition) is 4. The fraction of sp³-hybridized carbons (Fsp3) is 0.516. The maximum atomic E-state index is 13.7. The van der Waals surface area contributed by atoms with Gasteiger partial charge in [0, 0.05) is 37.1 Å². The number of halogens is 1. The van der Waals surface area contributed by atoms with Gasteiger partial charge in [0.05, 0.1) is 0 Å². The number of aromatic nitrogens is 1. The van der Waals surface area contributed by atoms with E-state index in [1.807, 2.05) is 18.5 Å². The van der Waals surface area contributed by atoms with Crippen LogP contribution in [0.5, 0.6) is 0 Å². The third kappa shape index (κ3) is 6.36. The monoisotopic (exact) mass is 489 g/mol. The van der Waals surface area contributed by atoms with Gasteiger partial charge < -0.3 is 14.5 Å². The van der Waals surface area contributed by atoms with Crippen LogP contribution >= 0.6 is 0 Å². The summed E-state index contributed by atoms with van der Waals surface area (Å²) >= 11 is 0. The van der Waals surface area contributed by atoms with Crippen molar-refractivity contribution in [3.05, 3.63) is 83.8 Å². The molecular formula is C31H40FN3O. The molecule has 4 nitrogen and oxygen atoms in total. The van der Waals surface area contributed by atoms with Crippen LogP contribution in [0.1, 0.15) is 63.4 Å². The largest absolute Gasteiger partial charge is 0.490 e. The zero-order chi connectivity index (χ0) is 24.6. The van der Waals surface area contributed by atoms with Crippen molar-refractivity contribution < 1.29 is 9.13 Å². The van der Waals surface area contributed by atoms with Crippen molar-refractivity contribution in [3.8, 4) is 0 Å². The van der Waals surface area contributed by atoms with Crippen LogP contribution in [0, 0.1) is 5.92 Å². The van der Waals surface area contributed by atoms with Crippen LogP contribution in [0.3, 0.4) is 0 Å². The van der Waals surface area contributed by atoms with E-state index in [4.69, 9.17) is 4.74 Å². The summed E-state index contributed by atoms with van der Waals surface area (Å²) in [6, 6.07) is 4.24. The number of pyridine rings is 1. The van der Waals surface area contributed by atoms with Crippen molar-refractivity contribution in [2.24, 2.45) is 5.92 Å². The van der Waals surface area contributed by atoms with E-state index in [9.17, 15) is 4.39 Å². The fourth-order valence-electron chi connectivity index (χ4n) is 6.15. The second kappa shape index (κ2) is 12.5. The van der Waals surface area contributed by atoms with E-state index in [-0.39, 0.29) is 17.8 Å². The molecule has 4 aliphatic rings. The fourth-order valence-corrected chi connectivity index (χ4v) is 6.15. The van der Waals surface area contributed by atoms with Gasteiger partial charge in [0.15, 0.2) is 5.83 Å². The summed E-state index contributed by atoms with van der Waals surface area (Å²) in [4.78, 5) is 9.52. The van der Waals surface area contributed by atoms with E-state index in [1.54, 1.807) is 6.08 Å². The van der Waals surface area contributed by atoms with Gasteiger partial charge >= 0.3 is 0 Å². The van der Waals surface area contributed by atoms with E-state index in [1.165, 1.54) is 74.0 Å². The smallest absolute Gasteiger partial charge is 0.157 e. The Morgan fingerprint density at radius 3 is 2.58 bits per heavy atom. The molecule has 5 rings (SSSR count). The van der Waals surface area contributed by atoms with E-state index in [2.05, 4.69) is 45.1 Å². The molecule has 0 N–H and O–H groups in total. The highest BCUT2D eigenvalue weighted by molar-refractivity contribution is 5.73. The van der Waals surface area contributed by atoms with Crippen LogP contribution in [0.25, 0.3) is 5.57 Å². The predicted molar refractivity (Wildman–Crippen MR) is 145 cm³/mol. The highest BCUT2D eigenvalue weighted by Crippen LogP contribution is 2.42. The maximum Gasteiger partial charge on any atom is 0.157 e. The highest BCUT2D eigenvalue weighted by Gasteiger charge is 2.37. The van der Waals surface area contributed by atoms with Crippen LogP contribution < -0.4 is 0 Å². The minimum absolute atomic E-state index is 0.154. The molecule has 1 fully saturated rings. The van der Waals surface area contributed by atoms with E-state index in [0.29, 0.717) is 0 Å². The summed E-state index contributed by atoms with van der Waals surface area (Å²) < 4.78 is 19.6. The Morgan fingerprint density at radius 1 is 0.972 bits per heavy atom. The Hall–Kier alpha value is -2.66. The number of rotatable bonds is 10. The van der Waals surface area contributed by atoms with Crippen molar-refractivity contribution in [1.29, 1.82) is 0 Å². The van der Waals surface area contributed by atoms with Gasteiger partial charge in [-0.3, -0.25) is 4.98 Å². The quantitative estimate of drug-likeness (QED) is 0.361. The number of allylic oxidation sites excluding steroid dienone is 7. The van der Waals surface area contributed by atoms with Gasteiger partial charge in [-0.2, -0.15) is 0 Å². The minimum atomic E-state index is -0.314. The van der Waals surface area contributed by atoms with Crippen LogP contribution in [-0.4, -0.2) is 53.6 Å². The van der Waals surface area contributed by atoms with Gasteiger partial charge in [-0.25, -0.2) is 4.39 Å². The molecule has 1 saturated heterocycles. The number of nitrogens with zero attached hydrogens (tertiary/aromatic N) is 3. The minimum Gasteiger partial charge on any atom is -0.490 e. The lowest BCUT2D eigenvalue weighted by atomic mass is 9.88. The first-order valence-electron chi connectivity index (χ1n) is 13.9. The predicted octanol–water partition coefficient (Wildman–Crippen LogP) is 6.81. The molecule has 0 bridgehead atoms. The first-order chi connectivity index (χ1) is 17.8. The lowest BCUT2D eigenvalue weighted by molar-refractivity contribution is 0.130. The third-order valence-corrected chi connectivity index (χ3v) is 7.95. The molecular weight excluding hydrogens is 449 g/mol. The van der Waals surface area contributed by atoms with Crippen LogP contribution in [0.2, 0.25) is 0 Å². The van der Waals surface area contributed by atoms with Gasteiger partial charge in [0.1, 0.15) is 12.4 Å². The van der Waals surface area contributed by atoms with Crippen LogP contribution in [-0.2, 0) is 4.74 Å². The SMILES string of the molecule is FC1=COC(C2CN(CCCN3CCCCC3)C(CCCC3=CCCC=C3)=C2c2ccncc2)C=C1. The summed E-state index contributed by atoms with van der Waals surface area (Å²) in [5, 5.41) is 0. The molecule has 0 saturated carbocycles. The van der Waals surface area contributed by atoms with E-state index < -0.39 is 0 Å². The summed E-state index contributed by atoms with van der Waals surface area (Å²) in [6.45, 7) is 5.63. The molecule has 1 aromatic rings. The average molecular weight is 490 g/mol. The second-order valence-electron chi connectivity index (χ2n) is 10.5. The molecule has 0 amide bonds. The van der Waals surface area contributed by atoms with Crippen LogP contribution in [0.4, 0.5) is 4.39 Å². The molecule has 5 heteroatoms. The van der Waals surface area contributed by atoms with E-state index in [0.717, 1.165) is 45.2 Å². The van der Waals surface area contributed by atoms with Gasteiger partial charge in [0.2, 0.25) is 0 Å². The van der Waals surface area contributed by atoms with Gasteiger partial charge in [0.25, 0.3) is 0 Å². The number of likely N-dealkylation sites (tertiary alicyclic amines) is 1. The van der Waals surface area contributed by atoms with Crippen LogP contribution in [0.15, 0.2) is 78.3 Å². The molecule has 2 unspecified atom stereocenters. The van der Waals surface area contributed by atoms with Crippen molar-refractivity contribution >= 4 is 5.57 Å². The van der Waals surface area contributed by atoms with Gasteiger partial charge in [-0.1, -0.05) is 30.2 Å². The summed E-state index contributed by atoms with van der Waals surface area (Å²) in [5.74, 6) is -0.141. The lowest BCUT2D eigenvalue weighted by Gasteiger charge is -2.29. The second-order valence-corrected chi connectivity index (χ2v) is 10.5. The molecule has 1 aliphatic carbocycles. The summed E-state index contributed by atoms with van der Waals surface area (Å²) in [7, 11) is 0. The van der Waals surface area contributed by atoms with E-state index >= 15 is 0 Å². The zero-order valence-corrected chi connectivity index (χ0v) is 21.5. The molecule has 0 radical (unpaired) electrons. The highest BCUT2D eigenvalue weighted by atomic mass is 19.1. The molecule has 3 aliphatic heterocycles. The Bertz CT molecular complexity index is 1020. The molecule has 0 aromatic carbocycles. The maximum absolute atomic E-state index is 13.7. The molecule has 192 valence electrons. The zero-order valence-electron chi connectivity index (χ0n) is 21.5. The molecule has 36 heavy (non-hydrogen) atoms. The van der Waals surface area contributed by atoms with Crippen molar-refractivity contribution in [2.75, 3.05) is 32.7 Å². The molecule has 0 spiro atoms. The molecule has 1 aromatic heterocycles. The number of ether oxygens (including phenoxy) is 1. The number of piperidine rings is 1. The first kappa shape index (κ1) is 25.0. The normalized spacial score (nSPS) is 24.6. The van der Waals surface area contributed by atoms with Gasteiger partial charge in [-0.15, -0.1) is 0 Å². The third-order valence-electron chi connectivity index (χ3n) is 7.95. The first-order valence-corrected chi connectivity index (χ1v) is 13.9. The number of hydrogen-bond donors (Lipinski definition) is 0. The Labute approximate surface area is 215 Å². The Balaban J connectivity index is 1.36. The summed E-state index contributed by atoms with van der Waals surface area (Å²) in [5.41, 5.74) is 5.48.